The third-order valence-electron chi connectivity index (χ3n) is 4.35. The van der Waals surface area contributed by atoms with Gasteiger partial charge in [-0.2, -0.15) is 0 Å². The maximum absolute atomic E-state index is 11.1. The Labute approximate surface area is 155 Å². The van der Waals surface area contributed by atoms with Gasteiger partial charge in [0.15, 0.2) is 0 Å². The van der Waals surface area contributed by atoms with E-state index in [0.29, 0.717) is 6.42 Å². The Morgan fingerprint density at radius 2 is 1.15 bits per heavy atom. The summed E-state index contributed by atoms with van der Waals surface area (Å²) in [6.45, 7) is 2.19. The van der Waals surface area contributed by atoms with Gasteiger partial charge in [-0.1, -0.05) is 63.3 Å². The molecule has 0 aromatic heterocycles. The van der Waals surface area contributed by atoms with E-state index in [1.54, 1.807) is 0 Å². The Bertz CT molecular complexity index is 456. The van der Waals surface area contributed by atoms with Crippen LogP contribution in [-0.2, 0) is 14.4 Å². The zero-order valence-corrected chi connectivity index (χ0v) is 15.7. The van der Waals surface area contributed by atoms with Crippen LogP contribution in [0.4, 0.5) is 0 Å². The molecule has 0 aromatic carbocycles. The Balaban J connectivity index is 3.90. The normalized spacial score (nSPS) is 12.0. The van der Waals surface area contributed by atoms with E-state index in [9.17, 15) is 14.4 Å². The van der Waals surface area contributed by atoms with Crippen LogP contribution in [0.3, 0.4) is 0 Å². The summed E-state index contributed by atoms with van der Waals surface area (Å²) in [6.07, 6.45) is 17.5. The topological polar surface area (TPSA) is 112 Å². The summed E-state index contributed by atoms with van der Waals surface area (Å²) >= 11 is 0. The van der Waals surface area contributed by atoms with Crippen molar-refractivity contribution >= 4 is 17.9 Å². The minimum absolute atomic E-state index is 0.259. The highest BCUT2D eigenvalue weighted by atomic mass is 16.4. The standard InChI is InChI=1S/C20H32O6/c1-2-3-4-5-6-7-8-9-10-11-12-13-14-15-16-20(17(21)22,18(23)24)19(25)26/h6-7,9-10H,2-5,8,11-16H2,1H3,(H,21,22)(H,23,24)(H,25,26)/b7-6-,10-9-. The third kappa shape index (κ3) is 8.83. The fourth-order valence-corrected chi connectivity index (χ4v) is 2.62. The van der Waals surface area contributed by atoms with E-state index >= 15 is 0 Å². The van der Waals surface area contributed by atoms with Crippen molar-refractivity contribution in [3.63, 3.8) is 0 Å². The summed E-state index contributed by atoms with van der Waals surface area (Å²) in [7, 11) is 0. The van der Waals surface area contributed by atoms with Gasteiger partial charge >= 0.3 is 17.9 Å². The largest absolute Gasteiger partial charge is 0.480 e. The molecule has 0 radical (unpaired) electrons. The second-order valence-corrected chi connectivity index (χ2v) is 6.45. The fraction of sp³-hybridized carbons (Fsp3) is 0.650. The zero-order valence-electron chi connectivity index (χ0n) is 15.7. The molecular weight excluding hydrogens is 336 g/mol. The van der Waals surface area contributed by atoms with Crippen LogP contribution in [0.1, 0.15) is 77.6 Å². The molecule has 0 aliphatic heterocycles. The molecule has 0 fully saturated rings. The molecule has 148 valence electrons. The summed E-state index contributed by atoms with van der Waals surface area (Å²) in [5.41, 5.74) is -2.73. The second-order valence-electron chi connectivity index (χ2n) is 6.45. The summed E-state index contributed by atoms with van der Waals surface area (Å²) < 4.78 is 0. The van der Waals surface area contributed by atoms with Crippen LogP contribution in [0.2, 0.25) is 0 Å². The molecule has 6 heteroatoms. The Hall–Kier alpha value is -2.11. The number of allylic oxidation sites excluding steroid dienone is 4. The van der Waals surface area contributed by atoms with Crippen LogP contribution in [0.5, 0.6) is 0 Å². The van der Waals surface area contributed by atoms with E-state index in [4.69, 9.17) is 15.3 Å². The monoisotopic (exact) mass is 368 g/mol. The van der Waals surface area contributed by atoms with E-state index in [2.05, 4.69) is 31.2 Å². The van der Waals surface area contributed by atoms with Crippen molar-refractivity contribution in [1.29, 1.82) is 0 Å². The molecule has 0 amide bonds. The van der Waals surface area contributed by atoms with Crippen LogP contribution in [-0.4, -0.2) is 33.2 Å². The van der Waals surface area contributed by atoms with Crippen LogP contribution >= 0.6 is 0 Å². The van der Waals surface area contributed by atoms with E-state index in [1.165, 1.54) is 19.3 Å². The lowest BCUT2D eigenvalue weighted by atomic mass is 9.82. The van der Waals surface area contributed by atoms with Gasteiger partial charge in [-0.3, -0.25) is 14.4 Å². The first-order chi connectivity index (χ1) is 12.4. The second kappa shape index (κ2) is 14.1. The summed E-state index contributed by atoms with van der Waals surface area (Å²) in [6, 6.07) is 0. The number of aliphatic carboxylic acids is 3. The molecule has 0 unspecified atom stereocenters. The van der Waals surface area contributed by atoms with Crippen molar-refractivity contribution < 1.29 is 29.7 Å². The van der Waals surface area contributed by atoms with Gasteiger partial charge in [0.2, 0.25) is 0 Å². The van der Waals surface area contributed by atoms with Crippen molar-refractivity contribution in [2.24, 2.45) is 5.41 Å². The molecule has 0 spiro atoms. The van der Waals surface area contributed by atoms with Crippen molar-refractivity contribution in [2.45, 2.75) is 77.6 Å². The van der Waals surface area contributed by atoms with Crippen molar-refractivity contribution in [3.05, 3.63) is 24.3 Å². The van der Waals surface area contributed by atoms with Crippen LogP contribution in [0.15, 0.2) is 24.3 Å². The fourth-order valence-electron chi connectivity index (χ4n) is 2.62. The molecule has 0 saturated carbocycles. The lowest BCUT2D eigenvalue weighted by molar-refractivity contribution is -0.176. The highest BCUT2D eigenvalue weighted by Gasteiger charge is 2.53. The van der Waals surface area contributed by atoms with Crippen LogP contribution in [0.25, 0.3) is 0 Å². The maximum atomic E-state index is 11.1. The maximum Gasteiger partial charge on any atom is 0.332 e. The average Bonchev–Trinajstić information content (AvgIpc) is 2.57. The number of rotatable bonds is 16. The first-order valence-corrected chi connectivity index (χ1v) is 9.39. The number of hydrogen-bond acceptors (Lipinski definition) is 3. The quantitative estimate of drug-likeness (QED) is 0.208. The molecule has 0 aromatic rings. The molecule has 26 heavy (non-hydrogen) atoms. The Morgan fingerprint density at radius 1 is 0.692 bits per heavy atom. The van der Waals surface area contributed by atoms with Crippen molar-refractivity contribution in [3.8, 4) is 0 Å². The summed E-state index contributed by atoms with van der Waals surface area (Å²) in [5, 5.41) is 27.0. The highest BCUT2D eigenvalue weighted by molar-refractivity contribution is 6.16. The predicted molar refractivity (Wildman–Crippen MR) is 100 cm³/mol. The number of carboxylic acids is 3. The average molecular weight is 368 g/mol. The van der Waals surface area contributed by atoms with E-state index in [-0.39, 0.29) is 6.42 Å². The van der Waals surface area contributed by atoms with Gasteiger partial charge in [-0.05, 0) is 38.5 Å². The van der Waals surface area contributed by atoms with Crippen molar-refractivity contribution in [1.82, 2.24) is 0 Å². The number of carbonyl (C=O) groups is 3. The van der Waals surface area contributed by atoms with Gasteiger partial charge < -0.3 is 15.3 Å². The predicted octanol–water partition coefficient (Wildman–Crippen LogP) is 4.65. The highest BCUT2D eigenvalue weighted by Crippen LogP contribution is 2.27. The molecule has 0 heterocycles. The van der Waals surface area contributed by atoms with Gasteiger partial charge in [-0.25, -0.2) is 0 Å². The first-order valence-electron chi connectivity index (χ1n) is 9.39. The Morgan fingerprint density at radius 3 is 1.62 bits per heavy atom. The molecule has 0 rings (SSSR count). The molecule has 0 aliphatic carbocycles. The van der Waals surface area contributed by atoms with E-state index < -0.39 is 29.7 Å². The van der Waals surface area contributed by atoms with Crippen molar-refractivity contribution in [2.75, 3.05) is 0 Å². The number of carboxylic acid groups (broad SMARTS) is 3. The molecule has 0 atom stereocenters. The van der Waals surface area contributed by atoms with Gasteiger partial charge in [0, 0.05) is 0 Å². The molecule has 6 nitrogen and oxygen atoms in total. The minimum atomic E-state index is -2.73. The lowest BCUT2D eigenvalue weighted by Crippen LogP contribution is -2.46. The molecule has 3 N–H and O–H groups in total. The number of unbranched alkanes of at least 4 members (excludes halogenated alkanes) is 7. The third-order valence-corrected chi connectivity index (χ3v) is 4.35. The van der Waals surface area contributed by atoms with Gasteiger partial charge in [0.05, 0.1) is 0 Å². The summed E-state index contributed by atoms with van der Waals surface area (Å²) in [5.74, 6) is -5.45. The number of hydrogen-bond donors (Lipinski definition) is 3. The van der Waals surface area contributed by atoms with E-state index in [1.807, 2.05) is 0 Å². The van der Waals surface area contributed by atoms with Gasteiger partial charge in [0.1, 0.15) is 0 Å². The SMILES string of the molecule is CCCCC/C=C\C/C=C\CCCCCCC(C(=O)O)(C(=O)O)C(=O)O. The minimum Gasteiger partial charge on any atom is -0.480 e. The first kappa shape index (κ1) is 23.9. The molecule has 0 aliphatic rings. The lowest BCUT2D eigenvalue weighted by Gasteiger charge is -2.19. The van der Waals surface area contributed by atoms with Crippen LogP contribution < -0.4 is 0 Å². The molecular formula is C20H32O6. The van der Waals surface area contributed by atoms with Gasteiger partial charge in [0.25, 0.3) is 5.41 Å². The molecule has 0 bridgehead atoms. The van der Waals surface area contributed by atoms with Gasteiger partial charge in [-0.15, -0.1) is 0 Å². The van der Waals surface area contributed by atoms with E-state index in [0.717, 1.165) is 32.1 Å². The Kier molecular flexibility index (Phi) is 13.0. The smallest absolute Gasteiger partial charge is 0.332 e. The summed E-state index contributed by atoms with van der Waals surface area (Å²) in [4.78, 5) is 33.3. The molecule has 0 saturated heterocycles. The zero-order chi connectivity index (χ0) is 19.8. The van der Waals surface area contributed by atoms with Crippen LogP contribution in [0, 0.1) is 5.41 Å².